The van der Waals surface area contributed by atoms with Crippen LogP contribution in [-0.2, 0) is 32.2 Å². The molecule has 0 aliphatic carbocycles. The third-order valence-corrected chi connectivity index (χ3v) is 7.14. The fourth-order valence-corrected chi connectivity index (χ4v) is 4.55. The first kappa shape index (κ1) is 29.1. The standard InChI is InChI=1S/C22H11B7ClF2N3O4/c23-14-15(24)20(25,18(38)34(28)17(14)37)33-8-9-7-11(3-6-13(9)16(33)36)22(26,27)35(29)19(39)21(31,32)10-1-4-12(30)5-2-10/h1-7,14-15H,8H2/t14?,15?,20-/m0/s1. The Morgan fingerprint density at radius 3 is 2.21 bits per heavy atom. The fourth-order valence-electron chi connectivity index (χ4n) is 4.43. The number of halogens is 3. The van der Waals surface area contributed by atoms with Crippen molar-refractivity contribution in [1.82, 2.24) is 14.5 Å². The van der Waals surface area contributed by atoms with E-state index in [0.29, 0.717) is 0 Å². The van der Waals surface area contributed by atoms with Crippen molar-refractivity contribution in [2.45, 2.75) is 34.9 Å². The highest BCUT2D eigenvalue weighted by Gasteiger charge is 2.55. The number of amides is 4. The van der Waals surface area contributed by atoms with Gasteiger partial charge in [-0.05, 0) is 40.5 Å². The van der Waals surface area contributed by atoms with Crippen LogP contribution in [0.25, 0.3) is 0 Å². The molecule has 4 amide bonds. The SMILES string of the molecule is [B]C1C(=O)N([B])C(=O)[C@@]([B])(N2Cc3cc(C([B])([B])N([B])C(=O)C(F)(F)c4ccc(Cl)cc4)ccc3C2=O)C1[B]. The zero-order valence-corrected chi connectivity index (χ0v) is 20.8. The average Bonchev–Trinajstić information content (AvgIpc) is 3.25. The molecule has 0 bridgehead atoms. The minimum atomic E-state index is -4.12. The topological polar surface area (TPSA) is 78.0 Å². The maximum absolute atomic E-state index is 14.9. The molecule has 2 aliphatic rings. The van der Waals surface area contributed by atoms with Gasteiger partial charge in [-0.25, -0.2) is 0 Å². The van der Waals surface area contributed by atoms with Crippen LogP contribution in [0.5, 0.6) is 0 Å². The Morgan fingerprint density at radius 2 is 1.62 bits per heavy atom. The molecule has 14 radical (unpaired) electrons. The number of carbonyl (C=O) groups excluding carboxylic acids is 4. The van der Waals surface area contributed by atoms with Crippen molar-refractivity contribution >= 4 is 90.4 Å². The summed E-state index contributed by atoms with van der Waals surface area (Å²) >= 11 is 5.72. The summed E-state index contributed by atoms with van der Waals surface area (Å²) in [5.41, 5.74) is -2.95. The monoisotopic (exact) mass is 531 g/mol. The zero-order valence-electron chi connectivity index (χ0n) is 20.1. The van der Waals surface area contributed by atoms with Crippen molar-refractivity contribution in [3.05, 3.63) is 69.7 Å². The number of hydrogen-bond acceptors (Lipinski definition) is 4. The van der Waals surface area contributed by atoms with Crippen molar-refractivity contribution < 1.29 is 28.0 Å². The molecule has 0 aromatic heterocycles. The largest absolute Gasteiger partial charge is 0.398 e. The van der Waals surface area contributed by atoms with Gasteiger partial charge in [0.05, 0.1) is 36.8 Å². The van der Waals surface area contributed by atoms with E-state index in [1.807, 2.05) is 0 Å². The molecule has 0 N–H and O–H groups in total. The molecule has 3 atom stereocenters. The Hall–Kier alpha value is -2.88. The molecule has 2 aliphatic heterocycles. The highest BCUT2D eigenvalue weighted by Crippen LogP contribution is 2.44. The van der Waals surface area contributed by atoms with E-state index in [-0.39, 0.29) is 37.9 Å². The number of benzene rings is 2. The first-order valence-corrected chi connectivity index (χ1v) is 11.5. The predicted molar refractivity (Wildman–Crippen MR) is 143 cm³/mol. The van der Waals surface area contributed by atoms with Crippen molar-refractivity contribution in [2.24, 2.45) is 0 Å². The molecule has 17 heteroatoms. The molecule has 2 aromatic carbocycles. The summed E-state index contributed by atoms with van der Waals surface area (Å²) in [5.74, 6) is -12.0. The number of alkyl halides is 2. The van der Waals surface area contributed by atoms with E-state index >= 15 is 0 Å². The Labute approximate surface area is 237 Å². The summed E-state index contributed by atoms with van der Waals surface area (Å²) in [6, 6.07) is 7.86. The number of imide groups is 1. The number of fused-ring (bicyclic) bond motifs is 1. The lowest BCUT2D eigenvalue weighted by Crippen LogP contribution is -2.68. The molecule has 0 spiro atoms. The van der Waals surface area contributed by atoms with Crippen molar-refractivity contribution in [2.75, 3.05) is 0 Å². The quantitative estimate of drug-likeness (QED) is 0.392. The normalized spacial score (nSPS) is 23.6. The lowest BCUT2D eigenvalue weighted by molar-refractivity contribution is -0.155. The van der Waals surface area contributed by atoms with Crippen LogP contribution >= 0.6 is 11.6 Å². The maximum Gasteiger partial charge on any atom is 0.348 e. The van der Waals surface area contributed by atoms with Gasteiger partial charge in [0.15, 0.2) is 0 Å². The summed E-state index contributed by atoms with van der Waals surface area (Å²) in [6.07, 6.45) is 0. The summed E-state index contributed by atoms with van der Waals surface area (Å²) in [6.45, 7) is -0.359. The van der Waals surface area contributed by atoms with Gasteiger partial charge in [0.2, 0.25) is 27.8 Å². The van der Waals surface area contributed by atoms with Crippen LogP contribution in [0.15, 0.2) is 42.5 Å². The summed E-state index contributed by atoms with van der Waals surface area (Å²) < 4.78 is 29.9. The number of piperidine rings is 1. The zero-order chi connectivity index (χ0) is 29.2. The smallest absolute Gasteiger partial charge is 0.348 e. The van der Waals surface area contributed by atoms with Crippen molar-refractivity contribution in [3.8, 4) is 0 Å². The highest BCUT2D eigenvalue weighted by atomic mass is 35.5. The Morgan fingerprint density at radius 1 is 1.05 bits per heavy atom. The Bertz CT molecular complexity index is 1400. The minimum absolute atomic E-state index is 0.0230. The van der Waals surface area contributed by atoms with Gasteiger partial charge in [0.25, 0.3) is 11.8 Å². The lowest BCUT2D eigenvalue weighted by Gasteiger charge is -2.51. The van der Waals surface area contributed by atoms with E-state index in [0.717, 1.165) is 17.0 Å². The molecule has 4 rings (SSSR count). The second-order valence-electron chi connectivity index (χ2n) is 9.24. The van der Waals surface area contributed by atoms with Gasteiger partial charge in [-0.1, -0.05) is 41.7 Å². The molecule has 7 nitrogen and oxygen atoms in total. The second kappa shape index (κ2) is 9.64. The highest BCUT2D eigenvalue weighted by molar-refractivity contribution is 6.48. The lowest BCUT2D eigenvalue weighted by atomic mass is 9.48. The van der Waals surface area contributed by atoms with Crippen LogP contribution in [0, 0.1) is 0 Å². The van der Waals surface area contributed by atoms with Gasteiger partial charge >= 0.3 is 5.92 Å². The van der Waals surface area contributed by atoms with Crippen LogP contribution in [0.3, 0.4) is 0 Å². The molecule has 1 fully saturated rings. The number of rotatable bonds is 5. The van der Waals surface area contributed by atoms with E-state index < -0.39 is 57.5 Å². The predicted octanol–water partition coefficient (Wildman–Crippen LogP) is -0.322. The molecule has 1 saturated heterocycles. The van der Waals surface area contributed by atoms with E-state index in [9.17, 15) is 28.0 Å². The minimum Gasteiger partial charge on any atom is -0.398 e. The maximum atomic E-state index is 14.9. The van der Waals surface area contributed by atoms with E-state index in [1.54, 1.807) is 0 Å². The van der Waals surface area contributed by atoms with Crippen LogP contribution in [0.2, 0.25) is 16.7 Å². The summed E-state index contributed by atoms with van der Waals surface area (Å²) in [4.78, 5) is 51.9. The first-order chi connectivity index (χ1) is 18.0. The van der Waals surface area contributed by atoms with E-state index in [2.05, 4.69) is 0 Å². The molecule has 2 unspecified atom stereocenters. The molecular weight excluding hydrogens is 519 g/mol. The summed E-state index contributed by atoms with van der Waals surface area (Å²) in [7, 11) is 41.3. The third kappa shape index (κ3) is 4.35. The van der Waals surface area contributed by atoms with Gasteiger partial charge in [-0.2, -0.15) is 8.78 Å². The second-order valence-corrected chi connectivity index (χ2v) is 9.67. The van der Waals surface area contributed by atoms with Crippen molar-refractivity contribution in [3.63, 3.8) is 0 Å². The third-order valence-electron chi connectivity index (χ3n) is 6.89. The van der Waals surface area contributed by atoms with Gasteiger partial charge in [-0.15, -0.1) is 0 Å². The Kier molecular flexibility index (Phi) is 7.20. The summed E-state index contributed by atoms with van der Waals surface area (Å²) in [5, 5.41) is -2.32. The molecule has 180 valence electrons. The Balaban J connectivity index is 1.64. The van der Waals surface area contributed by atoms with E-state index in [1.165, 1.54) is 30.3 Å². The van der Waals surface area contributed by atoms with Gasteiger partial charge in [0, 0.05) is 22.7 Å². The number of carbonyl (C=O) groups is 4. The van der Waals surface area contributed by atoms with Crippen LogP contribution in [0.1, 0.15) is 27.0 Å². The van der Waals surface area contributed by atoms with Crippen LogP contribution in [0.4, 0.5) is 8.78 Å². The molecule has 0 saturated carbocycles. The molecule has 2 heterocycles. The molecular formula is C22H11B7ClF2N3O4. The molecule has 39 heavy (non-hydrogen) atoms. The number of nitrogens with zero attached hydrogens (tertiary/aromatic N) is 3. The average molecular weight is 530 g/mol. The number of hydrogen-bond donors (Lipinski definition) is 0. The van der Waals surface area contributed by atoms with Crippen molar-refractivity contribution in [1.29, 1.82) is 0 Å². The van der Waals surface area contributed by atoms with E-state index in [4.69, 9.17) is 66.8 Å². The van der Waals surface area contributed by atoms with Gasteiger partial charge in [-0.3, -0.25) is 19.2 Å². The van der Waals surface area contributed by atoms with Gasteiger partial charge < -0.3 is 14.5 Å². The van der Waals surface area contributed by atoms with Crippen LogP contribution in [-0.4, -0.2) is 98.8 Å². The van der Waals surface area contributed by atoms with Gasteiger partial charge in [0.1, 0.15) is 7.85 Å². The fraction of sp³-hybridized carbons (Fsp3) is 0.273. The van der Waals surface area contributed by atoms with Crippen LogP contribution < -0.4 is 0 Å². The first-order valence-electron chi connectivity index (χ1n) is 11.2. The molecule has 2 aromatic rings.